The van der Waals surface area contributed by atoms with Crippen LogP contribution < -0.4 is 15.2 Å². The van der Waals surface area contributed by atoms with Gasteiger partial charge in [-0.3, -0.25) is 4.57 Å². The van der Waals surface area contributed by atoms with Crippen molar-refractivity contribution in [3.63, 3.8) is 0 Å². The second-order valence-electron chi connectivity index (χ2n) is 10.3. The lowest BCUT2D eigenvalue weighted by Crippen LogP contribution is -2.39. The molecular formula is C31H29N5O6PS+. The van der Waals surface area contributed by atoms with E-state index in [2.05, 4.69) is 27.1 Å². The summed E-state index contributed by atoms with van der Waals surface area (Å²) in [5.74, 6) is 1.76. The smallest absolute Gasteiger partial charge is 0.497 e. The van der Waals surface area contributed by atoms with E-state index in [-0.39, 0.29) is 12.4 Å². The van der Waals surface area contributed by atoms with Gasteiger partial charge >= 0.3 is 7.15 Å². The molecule has 13 heteroatoms. The molecule has 0 radical (unpaired) electrons. The maximum absolute atomic E-state index is 7.10. The number of ether oxygens (including phenoxy) is 4. The fourth-order valence-electron chi connectivity index (χ4n) is 5.87. The SMILES string of the molecule is COc1ccc(C(OC[C@H]2O[C@@H](n3cnc4c(N)ncnc43)[C@@H]3O[P+](=S)O[C@@H]32)(c2ccccc2)c2ccc(OC)cc2)cc1. The number of fused-ring (bicyclic) bond motifs is 2. The predicted molar refractivity (Wildman–Crippen MR) is 166 cm³/mol. The lowest BCUT2D eigenvalue weighted by molar-refractivity contribution is -0.0944. The molecule has 224 valence electrons. The van der Waals surface area contributed by atoms with E-state index in [0.717, 1.165) is 28.2 Å². The molecule has 2 aliphatic heterocycles. The van der Waals surface area contributed by atoms with Crippen molar-refractivity contribution in [3.8, 4) is 11.5 Å². The first-order valence-electron chi connectivity index (χ1n) is 13.9. The Hall–Kier alpha value is -4.03. The monoisotopic (exact) mass is 630 g/mol. The van der Waals surface area contributed by atoms with Crippen LogP contribution in [0.4, 0.5) is 5.82 Å². The number of hydrogen-bond acceptors (Lipinski definition) is 11. The van der Waals surface area contributed by atoms with Gasteiger partial charge in [-0.25, -0.2) is 15.0 Å². The summed E-state index contributed by atoms with van der Waals surface area (Å²) in [6.45, 7) is 0.149. The van der Waals surface area contributed by atoms with Crippen molar-refractivity contribution < 1.29 is 28.0 Å². The third kappa shape index (κ3) is 4.89. The van der Waals surface area contributed by atoms with Crippen molar-refractivity contribution in [1.29, 1.82) is 0 Å². The van der Waals surface area contributed by atoms with Gasteiger partial charge in [0, 0.05) is 0 Å². The third-order valence-corrected chi connectivity index (χ3v) is 9.35. The van der Waals surface area contributed by atoms with Crippen molar-refractivity contribution in [2.75, 3.05) is 26.6 Å². The summed E-state index contributed by atoms with van der Waals surface area (Å²) in [6.07, 6.45) is 0.909. The van der Waals surface area contributed by atoms with Gasteiger partial charge in [-0.1, -0.05) is 54.6 Å². The minimum atomic E-state index is -1.53. The molecule has 1 unspecified atom stereocenters. The Balaban J connectivity index is 1.29. The average molecular weight is 631 g/mol. The van der Waals surface area contributed by atoms with Crippen LogP contribution >= 0.6 is 7.15 Å². The average Bonchev–Trinajstić information content (AvgIpc) is 3.76. The summed E-state index contributed by atoms with van der Waals surface area (Å²) in [5.41, 5.74) is 8.77. The number of imidazole rings is 1. The van der Waals surface area contributed by atoms with Crippen molar-refractivity contribution in [1.82, 2.24) is 19.5 Å². The van der Waals surface area contributed by atoms with E-state index in [4.69, 9.17) is 45.5 Å². The molecule has 0 spiro atoms. The summed E-state index contributed by atoms with van der Waals surface area (Å²) >= 11 is 5.47. The van der Waals surface area contributed by atoms with E-state index in [1.807, 2.05) is 66.7 Å². The molecule has 0 aliphatic carbocycles. The topological polar surface area (TPSA) is 125 Å². The molecule has 44 heavy (non-hydrogen) atoms. The molecule has 7 rings (SSSR count). The lowest BCUT2D eigenvalue weighted by Gasteiger charge is -2.37. The van der Waals surface area contributed by atoms with Crippen LogP contribution in [0.5, 0.6) is 11.5 Å². The molecule has 0 saturated carbocycles. The molecule has 0 bridgehead atoms. The summed E-state index contributed by atoms with van der Waals surface area (Å²) in [5, 5.41) is 0. The number of rotatable bonds is 9. The van der Waals surface area contributed by atoms with E-state index in [1.165, 1.54) is 6.33 Å². The van der Waals surface area contributed by atoms with Crippen LogP contribution in [0, 0.1) is 0 Å². The van der Waals surface area contributed by atoms with Gasteiger partial charge in [-0.05, 0) is 41.0 Å². The number of nitrogens with two attached hydrogens (primary N) is 1. The normalized spacial score (nSPS) is 22.3. The zero-order chi connectivity index (χ0) is 30.3. The van der Waals surface area contributed by atoms with Gasteiger partial charge in [-0.15, -0.1) is 9.05 Å². The molecule has 2 aromatic heterocycles. The highest BCUT2D eigenvalue weighted by Gasteiger charge is 2.60. The third-order valence-electron chi connectivity index (χ3n) is 8.00. The van der Waals surface area contributed by atoms with Crippen LogP contribution in [-0.2, 0) is 35.9 Å². The van der Waals surface area contributed by atoms with Crippen molar-refractivity contribution in [3.05, 3.63) is 108 Å². The zero-order valence-corrected chi connectivity index (χ0v) is 25.6. The summed E-state index contributed by atoms with van der Waals surface area (Å²) in [4.78, 5) is 12.9. The van der Waals surface area contributed by atoms with Gasteiger partial charge in [0.15, 0.2) is 29.9 Å². The second-order valence-corrected chi connectivity index (χ2v) is 12.1. The zero-order valence-electron chi connectivity index (χ0n) is 23.8. The number of nitrogen functional groups attached to an aromatic ring is 1. The molecule has 11 nitrogen and oxygen atoms in total. The van der Waals surface area contributed by atoms with Gasteiger partial charge in [-0.2, -0.15) is 0 Å². The van der Waals surface area contributed by atoms with Crippen LogP contribution in [0.3, 0.4) is 0 Å². The fourth-order valence-corrected chi connectivity index (χ4v) is 7.39. The van der Waals surface area contributed by atoms with Gasteiger partial charge in [0.2, 0.25) is 11.8 Å². The standard InChI is InChI=1S/C31H29N5O6PS/c1-37-22-12-8-20(9-13-22)31(19-6-4-3-5-7-19,21-10-14-23(38-2)15-11-21)39-16-24-26-27(42-43(44)41-26)30(40-24)36-18-35-25-28(32)33-17-34-29(25)36/h3-15,17-18,24,26-27,30H,16H2,1-2H3,(H2,32,33,34)/q+1/t24-,26-,27-,30-/m1/s1. The van der Waals surface area contributed by atoms with Crippen LogP contribution in [0.15, 0.2) is 91.5 Å². The van der Waals surface area contributed by atoms with Crippen LogP contribution in [0.1, 0.15) is 22.9 Å². The molecule has 0 amide bonds. The Kier molecular flexibility index (Phi) is 7.71. The Labute approximate surface area is 259 Å². The highest BCUT2D eigenvalue weighted by atomic mass is 32.4. The Morgan fingerprint density at radius 1 is 0.841 bits per heavy atom. The molecule has 5 aromatic rings. The summed E-state index contributed by atoms with van der Waals surface area (Å²) < 4.78 is 38.7. The van der Waals surface area contributed by atoms with Crippen LogP contribution in [0.25, 0.3) is 11.2 Å². The Morgan fingerprint density at radius 2 is 1.45 bits per heavy atom. The molecule has 2 fully saturated rings. The number of aromatic nitrogens is 4. The first kappa shape index (κ1) is 28.7. The first-order valence-corrected chi connectivity index (χ1v) is 16.1. The number of anilines is 1. The minimum Gasteiger partial charge on any atom is -0.497 e. The number of benzene rings is 3. The maximum Gasteiger partial charge on any atom is 0.522 e. The number of methoxy groups -OCH3 is 2. The molecule has 4 heterocycles. The van der Waals surface area contributed by atoms with Gasteiger partial charge in [0.05, 0.1) is 27.2 Å². The summed E-state index contributed by atoms with van der Waals surface area (Å²) in [7, 11) is 1.76. The van der Waals surface area contributed by atoms with E-state index in [1.54, 1.807) is 25.1 Å². The summed E-state index contributed by atoms with van der Waals surface area (Å²) in [6, 6.07) is 25.8. The highest BCUT2D eigenvalue weighted by molar-refractivity contribution is 8.00. The van der Waals surface area contributed by atoms with E-state index in [9.17, 15) is 0 Å². The second kappa shape index (κ2) is 11.8. The molecule has 5 atom stereocenters. The van der Waals surface area contributed by atoms with Crippen molar-refractivity contribution in [2.24, 2.45) is 0 Å². The van der Waals surface area contributed by atoms with Gasteiger partial charge in [0.1, 0.15) is 35.0 Å². The molecule has 2 saturated heterocycles. The quantitative estimate of drug-likeness (QED) is 0.177. The van der Waals surface area contributed by atoms with E-state index in [0.29, 0.717) is 11.2 Å². The molecule has 2 N–H and O–H groups in total. The molecular weight excluding hydrogens is 601 g/mol. The van der Waals surface area contributed by atoms with E-state index < -0.39 is 37.3 Å². The van der Waals surface area contributed by atoms with Crippen LogP contribution in [0.2, 0.25) is 0 Å². The van der Waals surface area contributed by atoms with Gasteiger partial charge < -0.3 is 24.7 Å². The fraction of sp³-hybridized carbons (Fsp3) is 0.258. The largest absolute Gasteiger partial charge is 0.522 e. The minimum absolute atomic E-state index is 0.149. The van der Waals surface area contributed by atoms with Crippen LogP contribution in [-0.4, -0.2) is 58.7 Å². The Morgan fingerprint density at radius 3 is 2.09 bits per heavy atom. The first-order chi connectivity index (χ1) is 21.5. The maximum atomic E-state index is 7.10. The Bertz CT molecular complexity index is 1740. The van der Waals surface area contributed by atoms with Crippen molar-refractivity contribution >= 4 is 35.9 Å². The van der Waals surface area contributed by atoms with E-state index >= 15 is 0 Å². The molecule has 2 aliphatic rings. The molecule has 3 aromatic carbocycles. The lowest BCUT2D eigenvalue weighted by atomic mass is 9.80. The number of nitrogens with zero attached hydrogens (tertiary/aromatic N) is 4. The van der Waals surface area contributed by atoms with Crippen molar-refractivity contribution in [2.45, 2.75) is 30.1 Å². The predicted octanol–water partition coefficient (Wildman–Crippen LogP) is 4.89. The van der Waals surface area contributed by atoms with Gasteiger partial charge in [0.25, 0.3) is 0 Å². The highest BCUT2D eigenvalue weighted by Crippen LogP contribution is 2.50. The number of hydrogen-bond donors (Lipinski definition) is 1.